The molecule has 0 aliphatic heterocycles. The Morgan fingerprint density at radius 3 is 2.86 bits per heavy atom. The van der Waals surface area contributed by atoms with Gasteiger partial charge in [-0.25, -0.2) is 4.98 Å². The van der Waals surface area contributed by atoms with Crippen LogP contribution in [0.15, 0.2) is 36.5 Å². The predicted molar refractivity (Wildman–Crippen MR) is 56.3 cm³/mol. The van der Waals surface area contributed by atoms with E-state index in [0.29, 0.717) is 0 Å². The van der Waals surface area contributed by atoms with Crippen molar-refractivity contribution in [2.45, 2.75) is 20.0 Å². The number of fused-ring (bicyclic) bond motifs is 1. The molecule has 0 atom stereocenters. The van der Waals surface area contributed by atoms with Gasteiger partial charge in [0.15, 0.2) is 6.20 Å². The second kappa shape index (κ2) is 3.66. The first-order chi connectivity index (χ1) is 6.75. The molecule has 14 heavy (non-hydrogen) atoms. The summed E-state index contributed by atoms with van der Waals surface area (Å²) in [6, 6.07) is 10.1. The topological polar surface area (TPSA) is 23.4 Å². The van der Waals surface area contributed by atoms with Gasteiger partial charge in [-0.15, -0.1) is 0 Å². The molecule has 2 aromatic rings. The second-order valence-electron chi connectivity index (χ2n) is 3.59. The van der Waals surface area contributed by atoms with Crippen molar-refractivity contribution in [1.29, 1.82) is 0 Å². The van der Waals surface area contributed by atoms with E-state index in [0.717, 1.165) is 11.3 Å². The van der Waals surface area contributed by atoms with E-state index >= 15 is 0 Å². The third kappa shape index (κ3) is 1.84. The molecule has 0 saturated carbocycles. The third-order valence-corrected chi connectivity index (χ3v) is 2.01. The quantitative estimate of drug-likeness (QED) is 0.710. The lowest BCUT2D eigenvalue weighted by Gasteiger charge is -2.08. The minimum atomic E-state index is 0.219. The number of aromatic amines is 1. The van der Waals surface area contributed by atoms with Crippen molar-refractivity contribution in [2.75, 3.05) is 0 Å². The van der Waals surface area contributed by atoms with E-state index in [-0.39, 0.29) is 6.10 Å². The minimum absolute atomic E-state index is 0.219. The smallest absolute Gasteiger partial charge is 0.214 e. The standard InChI is InChI=1S/C12H13NO/c1-9(2)14-11-6-5-10-4-3-7-13-12(10)8-11/h3-9H,1-2H3/p+1. The normalized spacial score (nSPS) is 10.8. The molecule has 0 aliphatic rings. The maximum atomic E-state index is 5.60. The number of aromatic nitrogens is 1. The molecule has 0 bridgehead atoms. The van der Waals surface area contributed by atoms with Crippen LogP contribution in [0.25, 0.3) is 10.9 Å². The molecule has 72 valence electrons. The number of pyridine rings is 1. The van der Waals surface area contributed by atoms with Gasteiger partial charge in [-0.05, 0) is 32.0 Å². The zero-order chi connectivity index (χ0) is 9.97. The Morgan fingerprint density at radius 2 is 2.07 bits per heavy atom. The largest absolute Gasteiger partial charge is 0.491 e. The summed E-state index contributed by atoms with van der Waals surface area (Å²) in [6.45, 7) is 4.05. The van der Waals surface area contributed by atoms with Crippen molar-refractivity contribution in [3.8, 4) is 5.75 Å². The van der Waals surface area contributed by atoms with Crippen LogP contribution in [0.1, 0.15) is 13.8 Å². The molecule has 2 heteroatoms. The first kappa shape index (κ1) is 9.00. The third-order valence-electron chi connectivity index (χ3n) is 2.01. The lowest BCUT2D eigenvalue weighted by atomic mass is 10.2. The lowest BCUT2D eigenvalue weighted by Crippen LogP contribution is -2.07. The number of hydrogen-bond acceptors (Lipinski definition) is 1. The van der Waals surface area contributed by atoms with Crippen LogP contribution in [0.5, 0.6) is 5.75 Å². The van der Waals surface area contributed by atoms with Gasteiger partial charge in [0.1, 0.15) is 5.75 Å². The number of hydrogen-bond donors (Lipinski definition) is 0. The van der Waals surface area contributed by atoms with Crippen LogP contribution in [0, 0.1) is 0 Å². The predicted octanol–water partition coefficient (Wildman–Crippen LogP) is 2.44. The second-order valence-corrected chi connectivity index (χ2v) is 3.59. The van der Waals surface area contributed by atoms with Gasteiger partial charge in [0.25, 0.3) is 0 Å². The SMILES string of the molecule is CC(C)Oc1ccc2ccc[nH+]c2c1. The van der Waals surface area contributed by atoms with Gasteiger partial charge < -0.3 is 4.74 Å². The van der Waals surface area contributed by atoms with Crippen molar-refractivity contribution in [3.05, 3.63) is 36.5 Å². The first-order valence-electron chi connectivity index (χ1n) is 4.83. The summed E-state index contributed by atoms with van der Waals surface area (Å²) >= 11 is 0. The van der Waals surface area contributed by atoms with Crippen LogP contribution in [-0.2, 0) is 0 Å². The number of benzene rings is 1. The Morgan fingerprint density at radius 1 is 1.21 bits per heavy atom. The average Bonchev–Trinajstić information content (AvgIpc) is 2.17. The maximum Gasteiger partial charge on any atom is 0.214 e. The Bertz CT molecular complexity index is 437. The van der Waals surface area contributed by atoms with Gasteiger partial charge in [0.05, 0.1) is 12.2 Å². The van der Waals surface area contributed by atoms with Gasteiger partial charge in [0.2, 0.25) is 5.52 Å². The van der Waals surface area contributed by atoms with Crippen LogP contribution in [0.3, 0.4) is 0 Å². The summed E-state index contributed by atoms with van der Waals surface area (Å²) in [5.41, 5.74) is 1.10. The van der Waals surface area contributed by atoms with E-state index in [1.54, 1.807) is 0 Å². The zero-order valence-electron chi connectivity index (χ0n) is 8.45. The molecule has 0 fully saturated rings. The van der Waals surface area contributed by atoms with Crippen molar-refractivity contribution >= 4 is 10.9 Å². The highest BCUT2D eigenvalue weighted by atomic mass is 16.5. The summed E-state index contributed by atoms with van der Waals surface area (Å²) in [5, 5.41) is 1.20. The average molecular weight is 188 g/mol. The van der Waals surface area contributed by atoms with Crippen LogP contribution in [-0.4, -0.2) is 6.10 Å². The molecule has 2 nitrogen and oxygen atoms in total. The number of H-pyrrole nitrogens is 1. The zero-order valence-corrected chi connectivity index (χ0v) is 8.45. The van der Waals surface area contributed by atoms with Crippen LogP contribution in [0.2, 0.25) is 0 Å². The van der Waals surface area contributed by atoms with E-state index < -0.39 is 0 Å². The monoisotopic (exact) mass is 188 g/mol. The van der Waals surface area contributed by atoms with Crippen molar-refractivity contribution in [1.82, 2.24) is 0 Å². The molecule has 0 amide bonds. The Labute approximate surface area is 83.5 Å². The Kier molecular flexibility index (Phi) is 2.35. The summed E-state index contributed by atoms with van der Waals surface area (Å²) in [6.07, 6.45) is 2.14. The van der Waals surface area contributed by atoms with E-state index in [4.69, 9.17) is 4.74 Å². The summed E-state index contributed by atoms with van der Waals surface area (Å²) in [5.74, 6) is 0.912. The van der Waals surface area contributed by atoms with Gasteiger partial charge in [-0.2, -0.15) is 0 Å². The number of ether oxygens (including phenoxy) is 1. The summed E-state index contributed by atoms with van der Waals surface area (Å²) in [7, 11) is 0. The van der Waals surface area contributed by atoms with Crippen molar-refractivity contribution in [3.63, 3.8) is 0 Å². The van der Waals surface area contributed by atoms with E-state index in [9.17, 15) is 0 Å². The minimum Gasteiger partial charge on any atom is -0.491 e. The molecule has 0 spiro atoms. The molecule has 2 rings (SSSR count). The van der Waals surface area contributed by atoms with E-state index in [2.05, 4.69) is 17.1 Å². The molecule has 0 unspecified atom stereocenters. The van der Waals surface area contributed by atoms with Gasteiger partial charge in [0, 0.05) is 11.5 Å². The molecular weight excluding hydrogens is 174 g/mol. The highest BCUT2D eigenvalue weighted by Crippen LogP contribution is 2.17. The molecule has 1 aromatic carbocycles. The van der Waals surface area contributed by atoms with Gasteiger partial charge in [-0.3, -0.25) is 0 Å². The molecule has 0 saturated heterocycles. The van der Waals surface area contributed by atoms with Crippen LogP contribution >= 0.6 is 0 Å². The molecule has 1 N–H and O–H groups in total. The fourth-order valence-electron chi connectivity index (χ4n) is 1.44. The molecule has 0 aliphatic carbocycles. The Balaban J connectivity index is 2.41. The molecular formula is C12H14NO+. The van der Waals surface area contributed by atoms with Crippen LogP contribution < -0.4 is 9.72 Å². The number of nitrogens with one attached hydrogen (secondary N) is 1. The van der Waals surface area contributed by atoms with Crippen molar-refractivity contribution < 1.29 is 9.72 Å². The maximum absolute atomic E-state index is 5.60. The Hall–Kier alpha value is -1.57. The fraction of sp³-hybridized carbons (Fsp3) is 0.250. The molecule has 1 aromatic heterocycles. The first-order valence-corrected chi connectivity index (χ1v) is 4.83. The number of rotatable bonds is 2. The van der Waals surface area contributed by atoms with E-state index in [1.165, 1.54) is 5.39 Å². The highest BCUT2D eigenvalue weighted by Gasteiger charge is 2.02. The lowest BCUT2D eigenvalue weighted by molar-refractivity contribution is -0.344. The molecule has 1 heterocycles. The summed E-state index contributed by atoms with van der Waals surface area (Å²) in [4.78, 5) is 3.18. The molecule has 0 radical (unpaired) electrons. The fourth-order valence-corrected chi connectivity index (χ4v) is 1.44. The van der Waals surface area contributed by atoms with E-state index in [1.807, 2.05) is 38.2 Å². The van der Waals surface area contributed by atoms with Crippen LogP contribution in [0.4, 0.5) is 0 Å². The summed E-state index contributed by atoms with van der Waals surface area (Å²) < 4.78 is 5.60. The van der Waals surface area contributed by atoms with Gasteiger partial charge in [-0.1, -0.05) is 0 Å². The van der Waals surface area contributed by atoms with Gasteiger partial charge >= 0.3 is 0 Å². The highest BCUT2D eigenvalue weighted by molar-refractivity contribution is 5.76. The van der Waals surface area contributed by atoms with Crippen molar-refractivity contribution in [2.24, 2.45) is 0 Å².